The van der Waals surface area contributed by atoms with Gasteiger partial charge in [0.25, 0.3) is 0 Å². The Hall–Kier alpha value is -1.75. The van der Waals surface area contributed by atoms with Crippen LogP contribution in [-0.4, -0.2) is 18.9 Å². The van der Waals surface area contributed by atoms with Crippen LogP contribution in [0, 0.1) is 0 Å². The summed E-state index contributed by atoms with van der Waals surface area (Å²) in [6.45, 7) is 1.71. The first-order valence-electron chi connectivity index (χ1n) is 4.48. The highest BCUT2D eigenvalue weighted by atomic mass is 35.5. The number of benzene rings is 1. The van der Waals surface area contributed by atoms with E-state index in [0.29, 0.717) is 22.0 Å². The molecule has 6 heteroatoms. The number of nitrogens with two attached hydrogens (primary N) is 1. The van der Waals surface area contributed by atoms with Crippen LogP contribution in [0.15, 0.2) is 23.3 Å². The fourth-order valence-corrected chi connectivity index (χ4v) is 1.33. The Morgan fingerprint density at radius 2 is 2.25 bits per heavy atom. The first-order valence-corrected chi connectivity index (χ1v) is 4.86. The van der Waals surface area contributed by atoms with E-state index >= 15 is 0 Å². The highest BCUT2D eigenvalue weighted by Crippen LogP contribution is 2.23. The first kappa shape index (κ1) is 12.3. The van der Waals surface area contributed by atoms with Gasteiger partial charge in [0, 0.05) is 10.6 Å². The number of ether oxygens (including phenoxy) is 1. The van der Waals surface area contributed by atoms with Crippen LogP contribution in [-0.2, 0) is 0 Å². The number of rotatable bonds is 3. The maximum absolute atomic E-state index is 10.5. The molecule has 0 aliphatic rings. The Bertz CT molecular complexity index is 432. The van der Waals surface area contributed by atoms with E-state index in [1.165, 1.54) is 0 Å². The minimum absolute atomic E-state index is 0.554. The molecular weight excluding hydrogens is 230 g/mol. The molecule has 0 saturated heterocycles. The second-order valence-corrected chi connectivity index (χ2v) is 3.45. The molecule has 0 saturated carbocycles. The molecule has 3 N–H and O–H groups in total. The Morgan fingerprint density at radius 3 is 2.81 bits per heavy atom. The van der Waals surface area contributed by atoms with E-state index in [4.69, 9.17) is 22.1 Å². The van der Waals surface area contributed by atoms with E-state index < -0.39 is 6.03 Å². The van der Waals surface area contributed by atoms with Crippen LogP contribution in [0.4, 0.5) is 4.79 Å². The van der Waals surface area contributed by atoms with Gasteiger partial charge in [0.2, 0.25) is 0 Å². The zero-order valence-electron chi connectivity index (χ0n) is 8.95. The van der Waals surface area contributed by atoms with Crippen LogP contribution in [0.5, 0.6) is 5.75 Å². The normalized spacial score (nSPS) is 11.1. The van der Waals surface area contributed by atoms with E-state index in [1.807, 2.05) is 0 Å². The van der Waals surface area contributed by atoms with Crippen molar-refractivity contribution in [2.24, 2.45) is 10.8 Å². The van der Waals surface area contributed by atoms with Crippen molar-refractivity contribution in [3.05, 3.63) is 28.8 Å². The molecule has 0 heterocycles. The molecule has 1 rings (SSSR count). The zero-order chi connectivity index (χ0) is 12.1. The van der Waals surface area contributed by atoms with Crippen molar-refractivity contribution in [2.75, 3.05) is 7.11 Å². The number of hydrogen-bond donors (Lipinski definition) is 2. The van der Waals surface area contributed by atoms with E-state index in [1.54, 1.807) is 32.2 Å². The third-order valence-corrected chi connectivity index (χ3v) is 2.12. The number of urea groups is 1. The van der Waals surface area contributed by atoms with Gasteiger partial charge in [-0.1, -0.05) is 11.6 Å². The van der Waals surface area contributed by atoms with Gasteiger partial charge >= 0.3 is 6.03 Å². The summed E-state index contributed by atoms with van der Waals surface area (Å²) in [4.78, 5) is 10.5. The Morgan fingerprint density at radius 1 is 1.56 bits per heavy atom. The molecule has 0 atom stereocenters. The number of carbonyl (C=O) groups excluding carboxylic acids is 1. The van der Waals surface area contributed by atoms with Crippen LogP contribution in [0.3, 0.4) is 0 Å². The molecule has 1 aromatic carbocycles. The van der Waals surface area contributed by atoms with Gasteiger partial charge in [0.15, 0.2) is 0 Å². The number of nitrogens with zero attached hydrogens (tertiary/aromatic N) is 1. The molecule has 0 aliphatic heterocycles. The van der Waals surface area contributed by atoms with Crippen molar-refractivity contribution >= 4 is 23.3 Å². The van der Waals surface area contributed by atoms with Crippen molar-refractivity contribution in [1.82, 2.24) is 5.43 Å². The number of methoxy groups -OCH3 is 1. The number of amides is 2. The number of hydrogen-bond acceptors (Lipinski definition) is 3. The van der Waals surface area contributed by atoms with Crippen LogP contribution >= 0.6 is 11.6 Å². The predicted octanol–water partition coefficient (Wildman–Crippen LogP) is 1.74. The third kappa shape index (κ3) is 3.13. The first-order chi connectivity index (χ1) is 7.54. The van der Waals surface area contributed by atoms with Crippen LogP contribution in [0.1, 0.15) is 12.5 Å². The number of carbonyl (C=O) groups is 1. The van der Waals surface area contributed by atoms with Gasteiger partial charge in [-0.2, -0.15) is 5.10 Å². The third-order valence-electron chi connectivity index (χ3n) is 1.89. The molecule has 86 valence electrons. The summed E-state index contributed by atoms with van der Waals surface area (Å²) in [5, 5.41) is 4.36. The minimum Gasteiger partial charge on any atom is -0.496 e. The van der Waals surface area contributed by atoms with E-state index in [9.17, 15) is 4.79 Å². The Labute approximate surface area is 98.2 Å². The van der Waals surface area contributed by atoms with Crippen molar-refractivity contribution < 1.29 is 9.53 Å². The molecule has 2 amide bonds. The molecule has 0 unspecified atom stereocenters. The lowest BCUT2D eigenvalue weighted by molar-refractivity contribution is 0.249. The number of halogens is 1. The van der Waals surface area contributed by atoms with Crippen molar-refractivity contribution in [3.63, 3.8) is 0 Å². The average Bonchev–Trinajstić information content (AvgIpc) is 2.25. The summed E-state index contributed by atoms with van der Waals surface area (Å²) >= 11 is 5.86. The fraction of sp³-hybridized carbons (Fsp3) is 0.200. The summed E-state index contributed by atoms with van der Waals surface area (Å²) < 4.78 is 5.14. The highest BCUT2D eigenvalue weighted by Gasteiger charge is 2.07. The Balaban J connectivity index is 3.05. The quantitative estimate of drug-likeness (QED) is 0.625. The molecule has 0 aliphatic carbocycles. The van der Waals surface area contributed by atoms with Crippen LogP contribution < -0.4 is 15.9 Å². The Kier molecular flexibility index (Phi) is 4.13. The van der Waals surface area contributed by atoms with Crippen LogP contribution in [0.2, 0.25) is 5.02 Å². The number of hydrazone groups is 1. The molecule has 0 radical (unpaired) electrons. The monoisotopic (exact) mass is 241 g/mol. The summed E-state index contributed by atoms with van der Waals surface area (Å²) in [5.41, 5.74) is 8.30. The fourth-order valence-electron chi connectivity index (χ4n) is 1.16. The topological polar surface area (TPSA) is 76.7 Å². The number of nitrogens with one attached hydrogen (secondary N) is 1. The lowest BCUT2D eigenvalue weighted by atomic mass is 10.1. The molecular formula is C10H12ClN3O2. The lowest BCUT2D eigenvalue weighted by Crippen LogP contribution is -2.25. The molecule has 0 aromatic heterocycles. The SMILES string of the molecule is COc1ccc(Cl)cc1/C(C)=N\NC(N)=O. The molecule has 0 fully saturated rings. The zero-order valence-corrected chi connectivity index (χ0v) is 9.71. The smallest absolute Gasteiger partial charge is 0.332 e. The van der Waals surface area contributed by atoms with Gasteiger partial charge in [-0.25, -0.2) is 10.2 Å². The lowest BCUT2D eigenvalue weighted by Gasteiger charge is -2.08. The van der Waals surface area contributed by atoms with Crippen LogP contribution in [0.25, 0.3) is 0 Å². The summed E-state index contributed by atoms with van der Waals surface area (Å²) in [6, 6.07) is 4.40. The van der Waals surface area contributed by atoms with Crippen molar-refractivity contribution in [1.29, 1.82) is 0 Å². The van der Waals surface area contributed by atoms with Gasteiger partial charge in [-0.05, 0) is 25.1 Å². The maximum Gasteiger partial charge on any atom is 0.332 e. The van der Waals surface area contributed by atoms with Gasteiger partial charge in [-0.3, -0.25) is 0 Å². The molecule has 5 nitrogen and oxygen atoms in total. The van der Waals surface area contributed by atoms with E-state index in [2.05, 4.69) is 10.5 Å². The molecule has 0 bridgehead atoms. The largest absolute Gasteiger partial charge is 0.496 e. The van der Waals surface area contributed by atoms with Crippen molar-refractivity contribution in [2.45, 2.75) is 6.92 Å². The summed E-state index contributed by atoms with van der Waals surface area (Å²) in [7, 11) is 1.54. The second kappa shape index (κ2) is 5.37. The van der Waals surface area contributed by atoms with E-state index in [-0.39, 0.29) is 0 Å². The standard InChI is InChI=1S/C10H12ClN3O2/c1-6(13-14-10(12)15)8-5-7(11)3-4-9(8)16-2/h3-5H,1-2H3,(H3,12,14,15)/b13-6-. The van der Waals surface area contributed by atoms with Gasteiger partial charge < -0.3 is 10.5 Å². The summed E-state index contributed by atoms with van der Waals surface area (Å²) in [5.74, 6) is 0.622. The highest BCUT2D eigenvalue weighted by molar-refractivity contribution is 6.31. The average molecular weight is 242 g/mol. The predicted molar refractivity (Wildman–Crippen MR) is 62.9 cm³/mol. The molecule has 0 spiro atoms. The van der Waals surface area contributed by atoms with Crippen molar-refractivity contribution in [3.8, 4) is 5.75 Å². The molecule has 16 heavy (non-hydrogen) atoms. The number of primary amides is 1. The van der Waals surface area contributed by atoms with Gasteiger partial charge in [0.05, 0.1) is 12.8 Å². The van der Waals surface area contributed by atoms with Gasteiger partial charge in [0.1, 0.15) is 5.75 Å². The second-order valence-electron chi connectivity index (χ2n) is 3.02. The minimum atomic E-state index is -0.722. The maximum atomic E-state index is 10.5. The summed E-state index contributed by atoms with van der Waals surface area (Å²) in [6.07, 6.45) is 0. The van der Waals surface area contributed by atoms with Gasteiger partial charge in [-0.15, -0.1) is 0 Å². The molecule has 1 aromatic rings. The van der Waals surface area contributed by atoms with E-state index in [0.717, 1.165) is 0 Å².